The average Bonchev–Trinajstić information content (AvgIpc) is 3.12. The standard InChI is InChI=1S/C26H30N2O6/c1-5-25(2,3)26(17-12-9-13-19(29)21(17)28-24(26)33)15-18(23(32)34-4)27-22(31)20(30)14-16-10-7-6-8-11-16/h5-13,18,20,29-30H,1,14-15H2,2-4H3,(H,27,31)(H,28,33)/t18-,20+,26-/m1/s1. The van der Waals surface area contributed by atoms with Crippen molar-refractivity contribution in [1.82, 2.24) is 5.32 Å². The molecule has 8 nitrogen and oxygen atoms in total. The minimum absolute atomic E-state index is 0.0566. The number of hydrogen-bond acceptors (Lipinski definition) is 6. The number of phenolic OH excluding ortho intramolecular Hbond substituents is 1. The van der Waals surface area contributed by atoms with Gasteiger partial charge in [-0.05, 0) is 23.6 Å². The number of carbonyl (C=O) groups excluding carboxylic acids is 3. The number of aliphatic hydroxyl groups is 1. The number of anilines is 1. The number of allylic oxidation sites excluding steroid dienone is 1. The van der Waals surface area contributed by atoms with Crippen LogP contribution in [0.25, 0.3) is 0 Å². The van der Waals surface area contributed by atoms with Gasteiger partial charge in [-0.15, -0.1) is 6.58 Å². The maximum Gasteiger partial charge on any atom is 0.328 e. The third-order valence-electron chi connectivity index (χ3n) is 6.63. The number of esters is 1. The molecule has 1 aliphatic rings. The van der Waals surface area contributed by atoms with Crippen molar-refractivity contribution < 1.29 is 29.3 Å². The zero-order chi connectivity index (χ0) is 25.1. The SMILES string of the molecule is C=CC(C)(C)[C@@]1(C[C@@H](NC(=O)[C@@H](O)Cc2ccccc2)C(=O)OC)C(=O)Nc2c(O)cccc21. The molecule has 0 spiro atoms. The molecule has 0 bridgehead atoms. The average molecular weight is 467 g/mol. The van der Waals surface area contributed by atoms with Crippen molar-refractivity contribution in [3.63, 3.8) is 0 Å². The monoisotopic (exact) mass is 466 g/mol. The molecular formula is C26H30N2O6. The van der Waals surface area contributed by atoms with Gasteiger partial charge in [0.25, 0.3) is 0 Å². The summed E-state index contributed by atoms with van der Waals surface area (Å²) in [6, 6.07) is 12.5. The number of phenols is 1. The van der Waals surface area contributed by atoms with E-state index in [1.807, 2.05) is 6.07 Å². The van der Waals surface area contributed by atoms with Crippen LogP contribution in [0.4, 0.5) is 5.69 Å². The predicted octanol–water partition coefficient (Wildman–Crippen LogP) is 2.45. The third kappa shape index (κ3) is 4.41. The first-order valence-electron chi connectivity index (χ1n) is 10.9. The minimum Gasteiger partial charge on any atom is -0.506 e. The van der Waals surface area contributed by atoms with Crippen LogP contribution in [-0.2, 0) is 31.0 Å². The summed E-state index contributed by atoms with van der Waals surface area (Å²) in [5.74, 6) is -2.08. The maximum atomic E-state index is 13.4. The van der Waals surface area contributed by atoms with Crippen LogP contribution in [0, 0.1) is 5.41 Å². The first-order chi connectivity index (χ1) is 16.1. The van der Waals surface area contributed by atoms with Gasteiger partial charge in [0.05, 0.1) is 18.2 Å². The number of carbonyl (C=O) groups is 3. The first kappa shape index (κ1) is 25.0. The number of ether oxygens (including phenoxy) is 1. The number of amides is 2. The number of aliphatic hydroxyl groups excluding tert-OH is 1. The summed E-state index contributed by atoms with van der Waals surface area (Å²) in [6.07, 6.45) is 0.0736. The van der Waals surface area contributed by atoms with Crippen LogP contribution in [0.2, 0.25) is 0 Å². The molecule has 2 amide bonds. The van der Waals surface area contributed by atoms with E-state index in [9.17, 15) is 24.6 Å². The molecule has 0 radical (unpaired) electrons. The Kier molecular flexibility index (Phi) is 7.12. The summed E-state index contributed by atoms with van der Waals surface area (Å²) in [4.78, 5) is 39.0. The highest BCUT2D eigenvalue weighted by atomic mass is 16.5. The van der Waals surface area contributed by atoms with Gasteiger partial charge in [0.15, 0.2) is 0 Å². The van der Waals surface area contributed by atoms with Crippen molar-refractivity contribution in [3.05, 3.63) is 72.3 Å². The number of fused-ring (bicyclic) bond motifs is 1. The lowest BCUT2D eigenvalue weighted by atomic mass is 9.59. The second-order valence-electron chi connectivity index (χ2n) is 8.98. The molecule has 0 aliphatic carbocycles. The highest BCUT2D eigenvalue weighted by molar-refractivity contribution is 6.09. The molecule has 0 unspecified atom stereocenters. The molecule has 0 saturated carbocycles. The zero-order valence-electron chi connectivity index (χ0n) is 19.5. The number of aromatic hydroxyl groups is 1. The van der Waals surface area contributed by atoms with E-state index >= 15 is 0 Å². The van der Waals surface area contributed by atoms with Crippen molar-refractivity contribution in [2.24, 2.45) is 5.41 Å². The van der Waals surface area contributed by atoms with Crippen LogP contribution >= 0.6 is 0 Å². The Balaban J connectivity index is 1.97. The second kappa shape index (κ2) is 9.69. The van der Waals surface area contributed by atoms with Gasteiger partial charge in [-0.25, -0.2) is 4.79 Å². The number of para-hydroxylation sites is 1. The quantitative estimate of drug-likeness (QED) is 0.256. The molecule has 3 rings (SSSR count). The van der Waals surface area contributed by atoms with Gasteiger partial charge in [-0.1, -0.05) is 62.4 Å². The largest absolute Gasteiger partial charge is 0.506 e. The summed E-state index contributed by atoms with van der Waals surface area (Å²) in [5, 5.41) is 26.1. The lowest BCUT2D eigenvalue weighted by Crippen LogP contribution is -2.55. The molecule has 2 aromatic rings. The lowest BCUT2D eigenvalue weighted by Gasteiger charge is -2.42. The molecule has 2 aromatic carbocycles. The Bertz CT molecular complexity index is 1100. The Morgan fingerprint density at radius 3 is 2.50 bits per heavy atom. The molecule has 8 heteroatoms. The molecule has 0 aromatic heterocycles. The molecule has 180 valence electrons. The Labute approximate surface area is 198 Å². The summed E-state index contributed by atoms with van der Waals surface area (Å²) >= 11 is 0. The van der Waals surface area contributed by atoms with Gasteiger partial charge in [0.1, 0.15) is 17.9 Å². The van der Waals surface area contributed by atoms with Gasteiger partial charge in [-0.2, -0.15) is 0 Å². The molecule has 0 saturated heterocycles. The van der Waals surface area contributed by atoms with Crippen LogP contribution in [0.3, 0.4) is 0 Å². The molecule has 1 aliphatic heterocycles. The van der Waals surface area contributed by atoms with Gasteiger partial charge < -0.3 is 25.6 Å². The number of methoxy groups -OCH3 is 1. The first-order valence-corrected chi connectivity index (χ1v) is 10.9. The van der Waals surface area contributed by atoms with Crippen molar-refractivity contribution in [1.29, 1.82) is 0 Å². The number of benzene rings is 2. The van der Waals surface area contributed by atoms with Crippen LogP contribution < -0.4 is 10.6 Å². The van der Waals surface area contributed by atoms with Crippen LogP contribution in [0.5, 0.6) is 5.75 Å². The zero-order valence-corrected chi connectivity index (χ0v) is 19.5. The number of nitrogens with one attached hydrogen (secondary N) is 2. The lowest BCUT2D eigenvalue weighted by molar-refractivity contribution is -0.147. The molecule has 0 fully saturated rings. The topological polar surface area (TPSA) is 125 Å². The van der Waals surface area contributed by atoms with E-state index in [-0.39, 0.29) is 24.3 Å². The normalized spacial score (nSPS) is 18.9. The fourth-order valence-corrected chi connectivity index (χ4v) is 4.49. The third-order valence-corrected chi connectivity index (χ3v) is 6.63. The van der Waals surface area contributed by atoms with Gasteiger partial charge in [0.2, 0.25) is 11.8 Å². The van der Waals surface area contributed by atoms with Gasteiger partial charge >= 0.3 is 5.97 Å². The van der Waals surface area contributed by atoms with Crippen molar-refractivity contribution in [2.45, 2.75) is 44.2 Å². The van der Waals surface area contributed by atoms with E-state index in [2.05, 4.69) is 17.2 Å². The number of rotatable bonds is 9. The Morgan fingerprint density at radius 1 is 1.21 bits per heavy atom. The van der Waals surface area contributed by atoms with Gasteiger partial charge in [-0.3, -0.25) is 9.59 Å². The maximum absolute atomic E-state index is 13.4. The second-order valence-corrected chi connectivity index (χ2v) is 8.98. The van der Waals surface area contributed by atoms with Crippen LogP contribution in [0.15, 0.2) is 61.2 Å². The molecule has 34 heavy (non-hydrogen) atoms. The van der Waals surface area contributed by atoms with E-state index < -0.39 is 40.8 Å². The van der Waals surface area contributed by atoms with E-state index in [0.29, 0.717) is 5.56 Å². The Morgan fingerprint density at radius 2 is 1.88 bits per heavy atom. The van der Waals surface area contributed by atoms with Crippen LogP contribution in [-0.4, -0.2) is 47.3 Å². The predicted molar refractivity (Wildman–Crippen MR) is 127 cm³/mol. The molecular weight excluding hydrogens is 436 g/mol. The molecule has 3 atom stereocenters. The number of hydrogen-bond donors (Lipinski definition) is 4. The van der Waals surface area contributed by atoms with Crippen LogP contribution in [0.1, 0.15) is 31.4 Å². The van der Waals surface area contributed by atoms with Crippen molar-refractivity contribution in [3.8, 4) is 5.75 Å². The molecule has 1 heterocycles. The smallest absolute Gasteiger partial charge is 0.328 e. The summed E-state index contributed by atoms with van der Waals surface area (Å²) < 4.78 is 4.92. The van der Waals surface area contributed by atoms with E-state index in [1.54, 1.807) is 56.3 Å². The van der Waals surface area contributed by atoms with E-state index in [1.165, 1.54) is 13.2 Å². The van der Waals surface area contributed by atoms with E-state index in [4.69, 9.17) is 4.74 Å². The highest BCUT2D eigenvalue weighted by Crippen LogP contribution is 2.54. The van der Waals surface area contributed by atoms with Gasteiger partial charge in [0, 0.05) is 11.8 Å². The minimum atomic E-state index is -1.41. The summed E-state index contributed by atoms with van der Waals surface area (Å²) in [6.45, 7) is 7.46. The highest BCUT2D eigenvalue weighted by Gasteiger charge is 2.57. The Hall–Kier alpha value is -3.65. The molecule has 4 N–H and O–H groups in total. The van der Waals surface area contributed by atoms with E-state index in [0.717, 1.165) is 5.56 Å². The fraction of sp³-hybridized carbons (Fsp3) is 0.346. The summed E-state index contributed by atoms with van der Waals surface area (Å²) in [7, 11) is 1.18. The van der Waals surface area contributed by atoms with Crippen molar-refractivity contribution >= 4 is 23.5 Å². The fourth-order valence-electron chi connectivity index (χ4n) is 4.49. The summed E-state index contributed by atoms with van der Waals surface area (Å²) in [5.41, 5.74) is -0.768. The van der Waals surface area contributed by atoms with Crippen molar-refractivity contribution in [2.75, 3.05) is 12.4 Å².